The van der Waals surface area contributed by atoms with E-state index in [0.717, 1.165) is 5.69 Å². The molecule has 6 aromatic rings. The molecule has 0 saturated heterocycles. The molecule has 0 aliphatic heterocycles. The maximum absolute atomic E-state index is 3.98. The van der Waals surface area contributed by atoms with E-state index in [1.165, 1.54) is 49.4 Å². The Bertz CT molecular complexity index is 1840. The van der Waals surface area contributed by atoms with Crippen molar-refractivity contribution in [3.05, 3.63) is 168 Å². The van der Waals surface area contributed by atoms with Gasteiger partial charge < -0.3 is 5.32 Å². The molecule has 1 N–H and O–H groups in total. The molecular weight excluding hydrogens is 470 g/mol. The second-order valence-electron chi connectivity index (χ2n) is 10.3. The quantitative estimate of drug-likeness (QED) is 0.249. The largest absolute Gasteiger partial charge is 0.377 e. The zero-order valence-electron chi connectivity index (χ0n) is 21.7. The molecule has 1 aliphatic rings. The van der Waals surface area contributed by atoms with Crippen molar-refractivity contribution in [2.45, 2.75) is 6.04 Å². The van der Waals surface area contributed by atoms with E-state index in [4.69, 9.17) is 0 Å². The second-order valence-corrected chi connectivity index (χ2v) is 10.3. The van der Waals surface area contributed by atoms with E-state index in [9.17, 15) is 0 Å². The van der Waals surface area contributed by atoms with Crippen molar-refractivity contribution in [1.29, 1.82) is 0 Å². The van der Waals surface area contributed by atoms with Crippen molar-refractivity contribution in [2.75, 3.05) is 5.32 Å². The molecule has 0 heterocycles. The SMILES string of the molecule is C1=CC(C(Nc2ccc3ccccc3c2)c2ccc3ccccc3c2)C(=Cc2ccccc2)c2ccccc21. The van der Waals surface area contributed by atoms with Gasteiger partial charge in [-0.1, -0.05) is 140 Å². The molecule has 2 unspecified atom stereocenters. The highest BCUT2D eigenvalue weighted by molar-refractivity contribution is 5.91. The van der Waals surface area contributed by atoms with E-state index in [1.54, 1.807) is 0 Å². The summed E-state index contributed by atoms with van der Waals surface area (Å²) in [6.45, 7) is 0. The van der Waals surface area contributed by atoms with Crippen LogP contribution in [0.3, 0.4) is 0 Å². The first kappa shape index (κ1) is 23.3. The molecule has 0 fully saturated rings. The molecule has 0 radical (unpaired) electrons. The first-order chi connectivity index (χ1) is 19.3. The first-order valence-corrected chi connectivity index (χ1v) is 13.6. The topological polar surface area (TPSA) is 12.0 Å². The average Bonchev–Trinajstić information content (AvgIpc) is 3.00. The maximum atomic E-state index is 3.98. The molecule has 39 heavy (non-hydrogen) atoms. The van der Waals surface area contributed by atoms with Gasteiger partial charge in [0, 0.05) is 11.6 Å². The summed E-state index contributed by atoms with van der Waals surface area (Å²) < 4.78 is 0. The highest BCUT2D eigenvalue weighted by Crippen LogP contribution is 2.43. The molecule has 0 saturated carbocycles. The van der Waals surface area contributed by atoms with Crippen LogP contribution in [-0.2, 0) is 0 Å². The van der Waals surface area contributed by atoms with Gasteiger partial charge in [-0.3, -0.25) is 0 Å². The lowest BCUT2D eigenvalue weighted by molar-refractivity contribution is 0.679. The minimum absolute atomic E-state index is 0.0373. The van der Waals surface area contributed by atoms with Crippen LogP contribution in [-0.4, -0.2) is 0 Å². The van der Waals surface area contributed by atoms with Crippen LogP contribution in [0.2, 0.25) is 0 Å². The number of rotatable bonds is 5. The number of anilines is 1. The summed E-state index contributed by atoms with van der Waals surface area (Å²) in [5, 5.41) is 8.99. The van der Waals surface area contributed by atoms with Gasteiger partial charge in [0.2, 0.25) is 0 Å². The number of benzene rings is 6. The Labute approximate surface area is 229 Å². The number of hydrogen-bond donors (Lipinski definition) is 1. The number of fused-ring (bicyclic) bond motifs is 3. The van der Waals surface area contributed by atoms with Crippen LogP contribution >= 0.6 is 0 Å². The highest BCUT2D eigenvalue weighted by Gasteiger charge is 2.29. The summed E-state index contributed by atoms with van der Waals surface area (Å²) in [4.78, 5) is 0. The molecule has 186 valence electrons. The Morgan fingerprint density at radius 3 is 2.00 bits per heavy atom. The average molecular weight is 500 g/mol. The van der Waals surface area contributed by atoms with Crippen molar-refractivity contribution in [2.24, 2.45) is 5.92 Å². The monoisotopic (exact) mass is 499 g/mol. The summed E-state index contributed by atoms with van der Waals surface area (Å²) >= 11 is 0. The third kappa shape index (κ3) is 4.64. The normalized spacial score (nSPS) is 16.3. The van der Waals surface area contributed by atoms with Crippen molar-refractivity contribution in [3.63, 3.8) is 0 Å². The Morgan fingerprint density at radius 1 is 0.564 bits per heavy atom. The highest BCUT2D eigenvalue weighted by atomic mass is 14.9. The maximum Gasteiger partial charge on any atom is 0.0617 e. The van der Waals surface area contributed by atoms with E-state index >= 15 is 0 Å². The minimum Gasteiger partial charge on any atom is -0.377 e. The van der Waals surface area contributed by atoms with Crippen molar-refractivity contribution in [1.82, 2.24) is 0 Å². The van der Waals surface area contributed by atoms with Crippen LogP contribution in [0.5, 0.6) is 0 Å². The first-order valence-electron chi connectivity index (χ1n) is 13.6. The third-order valence-corrected chi connectivity index (χ3v) is 7.80. The zero-order valence-corrected chi connectivity index (χ0v) is 21.7. The van der Waals surface area contributed by atoms with Crippen molar-refractivity contribution < 1.29 is 0 Å². The summed E-state index contributed by atoms with van der Waals surface area (Å²) in [6.07, 6.45) is 7.03. The molecule has 0 bridgehead atoms. The molecule has 0 spiro atoms. The van der Waals surface area contributed by atoms with Gasteiger partial charge in [-0.2, -0.15) is 0 Å². The molecule has 1 heteroatoms. The Morgan fingerprint density at radius 2 is 1.21 bits per heavy atom. The van der Waals surface area contributed by atoms with E-state index in [-0.39, 0.29) is 12.0 Å². The van der Waals surface area contributed by atoms with Gasteiger partial charge in [0.15, 0.2) is 0 Å². The zero-order chi connectivity index (χ0) is 26.0. The lowest BCUT2D eigenvalue weighted by Gasteiger charge is -2.33. The molecule has 0 aromatic heterocycles. The molecule has 2 atom stereocenters. The van der Waals surface area contributed by atoms with E-state index in [0.29, 0.717) is 0 Å². The van der Waals surface area contributed by atoms with Crippen LogP contribution in [0.1, 0.15) is 28.3 Å². The lowest BCUT2D eigenvalue weighted by Crippen LogP contribution is -2.22. The predicted molar refractivity (Wildman–Crippen MR) is 168 cm³/mol. The van der Waals surface area contributed by atoms with Gasteiger partial charge >= 0.3 is 0 Å². The van der Waals surface area contributed by atoms with Crippen LogP contribution in [0.15, 0.2) is 146 Å². The Balaban J connectivity index is 1.39. The van der Waals surface area contributed by atoms with Crippen LogP contribution < -0.4 is 5.32 Å². The van der Waals surface area contributed by atoms with Gasteiger partial charge in [0.05, 0.1) is 6.04 Å². The molecule has 6 aromatic carbocycles. The van der Waals surface area contributed by atoms with Crippen LogP contribution in [0.25, 0.3) is 39.3 Å². The van der Waals surface area contributed by atoms with E-state index < -0.39 is 0 Å². The summed E-state index contributed by atoms with van der Waals surface area (Å²) in [5.74, 6) is 0.132. The molecule has 0 amide bonds. The van der Waals surface area contributed by atoms with Gasteiger partial charge in [-0.05, 0) is 67.6 Å². The fourth-order valence-corrected chi connectivity index (χ4v) is 5.83. The van der Waals surface area contributed by atoms with Gasteiger partial charge in [-0.15, -0.1) is 0 Å². The fraction of sp³-hybridized carbons (Fsp3) is 0.0526. The second kappa shape index (κ2) is 10.1. The summed E-state index contributed by atoms with van der Waals surface area (Å²) in [5.41, 5.74) is 7.49. The lowest BCUT2D eigenvalue weighted by atomic mass is 9.77. The number of nitrogens with one attached hydrogen (secondary N) is 1. The molecule has 7 rings (SSSR count). The minimum atomic E-state index is 0.0373. The van der Waals surface area contributed by atoms with Crippen LogP contribution in [0.4, 0.5) is 5.69 Å². The standard InChI is InChI=1S/C38H29N/c1-2-10-27(11-3-1)24-37-35-17-9-8-14-30(35)21-23-36(37)38(33-19-18-28-12-4-6-15-31(28)25-33)39-34-22-20-29-13-5-7-16-32(29)26-34/h1-26,36,38-39H. The Kier molecular flexibility index (Phi) is 6.03. The van der Waals surface area contributed by atoms with Gasteiger partial charge in [0.25, 0.3) is 0 Å². The number of hydrogen-bond acceptors (Lipinski definition) is 1. The molecule has 1 aliphatic carbocycles. The fourth-order valence-electron chi connectivity index (χ4n) is 5.83. The molecule has 1 nitrogen and oxygen atoms in total. The van der Waals surface area contributed by atoms with E-state index in [2.05, 4.69) is 163 Å². The summed E-state index contributed by atoms with van der Waals surface area (Å²) in [7, 11) is 0. The van der Waals surface area contributed by atoms with Gasteiger partial charge in [-0.25, -0.2) is 0 Å². The van der Waals surface area contributed by atoms with Crippen molar-refractivity contribution >= 4 is 45.0 Å². The smallest absolute Gasteiger partial charge is 0.0617 e. The van der Waals surface area contributed by atoms with Crippen LogP contribution in [0, 0.1) is 5.92 Å². The van der Waals surface area contributed by atoms with E-state index in [1.807, 2.05) is 0 Å². The summed E-state index contributed by atoms with van der Waals surface area (Å²) in [6, 6.07) is 50.2. The predicted octanol–water partition coefficient (Wildman–Crippen LogP) is 10.0. The third-order valence-electron chi connectivity index (χ3n) is 7.80. The molecular formula is C38H29N. The van der Waals surface area contributed by atoms with Crippen molar-refractivity contribution in [3.8, 4) is 0 Å². The Hall–Kier alpha value is -4.88. The van der Waals surface area contributed by atoms with Gasteiger partial charge in [0.1, 0.15) is 0 Å².